The molecular weight excluding hydrogens is 248 g/mol. The van der Waals surface area contributed by atoms with E-state index < -0.39 is 0 Å². The lowest BCUT2D eigenvalue weighted by Gasteiger charge is -2.11. The van der Waals surface area contributed by atoms with E-state index in [9.17, 15) is 4.79 Å². The molecule has 5 heteroatoms. The molecule has 0 spiro atoms. The number of esters is 1. The van der Waals surface area contributed by atoms with Crippen molar-refractivity contribution in [3.05, 3.63) is 23.3 Å². The highest BCUT2D eigenvalue weighted by atomic mass is 32.2. The van der Waals surface area contributed by atoms with E-state index in [-0.39, 0.29) is 5.97 Å². The molecule has 2 rings (SSSR count). The molecule has 1 unspecified atom stereocenters. The van der Waals surface area contributed by atoms with Crippen molar-refractivity contribution in [3.8, 4) is 0 Å². The standard InChI is InChI=1S/C13H18N2O2S/c1-3-10-9(13(16)17-4-2)8-14-12(15-10)11-6-5-7-18-11/h8,11H,3-7H2,1-2H3. The molecule has 0 bridgehead atoms. The van der Waals surface area contributed by atoms with Crippen LogP contribution in [-0.2, 0) is 11.2 Å². The lowest BCUT2D eigenvalue weighted by atomic mass is 10.1. The summed E-state index contributed by atoms with van der Waals surface area (Å²) in [4.78, 5) is 20.6. The average molecular weight is 266 g/mol. The summed E-state index contributed by atoms with van der Waals surface area (Å²) in [6, 6.07) is 0. The summed E-state index contributed by atoms with van der Waals surface area (Å²) >= 11 is 1.90. The number of carbonyl (C=O) groups excluding carboxylic acids is 1. The first-order chi connectivity index (χ1) is 8.76. The minimum atomic E-state index is -0.319. The number of carbonyl (C=O) groups is 1. The molecule has 1 aromatic heterocycles. The molecule has 0 amide bonds. The number of ether oxygens (including phenoxy) is 1. The Morgan fingerprint density at radius 1 is 1.56 bits per heavy atom. The van der Waals surface area contributed by atoms with Crippen LogP contribution in [0.2, 0.25) is 0 Å². The Bertz CT molecular complexity index is 431. The number of aryl methyl sites for hydroxylation is 1. The smallest absolute Gasteiger partial charge is 0.341 e. The number of hydrogen-bond acceptors (Lipinski definition) is 5. The number of aromatic nitrogens is 2. The van der Waals surface area contributed by atoms with Crippen LogP contribution in [0.4, 0.5) is 0 Å². The second-order valence-electron chi connectivity index (χ2n) is 4.16. The minimum Gasteiger partial charge on any atom is -0.462 e. The Morgan fingerprint density at radius 2 is 2.39 bits per heavy atom. The monoisotopic (exact) mass is 266 g/mol. The van der Waals surface area contributed by atoms with Crippen LogP contribution < -0.4 is 0 Å². The zero-order valence-electron chi connectivity index (χ0n) is 10.8. The first-order valence-electron chi connectivity index (χ1n) is 6.40. The van der Waals surface area contributed by atoms with Gasteiger partial charge in [-0.1, -0.05) is 6.92 Å². The summed E-state index contributed by atoms with van der Waals surface area (Å²) in [5.41, 5.74) is 1.30. The van der Waals surface area contributed by atoms with Gasteiger partial charge >= 0.3 is 5.97 Å². The molecule has 1 atom stereocenters. The maximum absolute atomic E-state index is 11.7. The van der Waals surface area contributed by atoms with Crippen LogP contribution >= 0.6 is 11.8 Å². The molecule has 4 nitrogen and oxygen atoms in total. The summed E-state index contributed by atoms with van der Waals surface area (Å²) in [6.45, 7) is 4.17. The van der Waals surface area contributed by atoms with E-state index in [1.165, 1.54) is 12.2 Å². The quantitative estimate of drug-likeness (QED) is 0.784. The van der Waals surface area contributed by atoms with E-state index >= 15 is 0 Å². The number of nitrogens with zero attached hydrogens (tertiary/aromatic N) is 2. The van der Waals surface area contributed by atoms with Crippen molar-refractivity contribution >= 4 is 17.7 Å². The van der Waals surface area contributed by atoms with E-state index in [1.54, 1.807) is 13.1 Å². The summed E-state index contributed by atoms with van der Waals surface area (Å²) in [5.74, 6) is 1.72. The summed E-state index contributed by atoms with van der Waals surface area (Å²) in [7, 11) is 0. The van der Waals surface area contributed by atoms with E-state index in [0.29, 0.717) is 17.4 Å². The molecular formula is C13H18N2O2S. The van der Waals surface area contributed by atoms with Crippen molar-refractivity contribution in [1.82, 2.24) is 9.97 Å². The third kappa shape index (κ3) is 2.83. The van der Waals surface area contributed by atoms with E-state index in [2.05, 4.69) is 9.97 Å². The molecule has 0 radical (unpaired) electrons. The Kier molecular flexibility index (Phi) is 4.58. The molecule has 1 saturated heterocycles. The van der Waals surface area contributed by atoms with Crippen LogP contribution in [0.1, 0.15) is 53.8 Å². The fraction of sp³-hybridized carbons (Fsp3) is 0.615. The van der Waals surface area contributed by atoms with Gasteiger partial charge in [0.25, 0.3) is 0 Å². The van der Waals surface area contributed by atoms with Crippen LogP contribution in [0.25, 0.3) is 0 Å². The largest absolute Gasteiger partial charge is 0.462 e. The SMILES string of the molecule is CCOC(=O)c1cnc(C2CCCS2)nc1CC. The second-order valence-corrected chi connectivity index (χ2v) is 5.47. The van der Waals surface area contributed by atoms with Crippen molar-refractivity contribution in [2.24, 2.45) is 0 Å². The van der Waals surface area contributed by atoms with Gasteiger partial charge in [-0.2, -0.15) is 11.8 Å². The lowest BCUT2D eigenvalue weighted by Crippen LogP contribution is -2.12. The Balaban J connectivity index is 2.24. The van der Waals surface area contributed by atoms with Crippen LogP contribution in [0, 0.1) is 0 Å². The molecule has 18 heavy (non-hydrogen) atoms. The van der Waals surface area contributed by atoms with Crippen molar-refractivity contribution in [2.75, 3.05) is 12.4 Å². The fourth-order valence-corrected chi connectivity index (χ4v) is 3.23. The average Bonchev–Trinajstić information content (AvgIpc) is 2.92. The summed E-state index contributed by atoms with van der Waals surface area (Å²) in [5, 5.41) is 0.395. The van der Waals surface area contributed by atoms with Gasteiger partial charge in [-0.25, -0.2) is 14.8 Å². The van der Waals surface area contributed by atoms with Gasteiger partial charge in [-0.05, 0) is 31.9 Å². The number of thioether (sulfide) groups is 1. The minimum absolute atomic E-state index is 0.319. The molecule has 0 saturated carbocycles. The zero-order valence-corrected chi connectivity index (χ0v) is 11.6. The first kappa shape index (κ1) is 13.3. The van der Waals surface area contributed by atoms with Gasteiger partial charge in [-0.3, -0.25) is 0 Å². The van der Waals surface area contributed by atoms with Gasteiger partial charge < -0.3 is 4.74 Å². The molecule has 0 N–H and O–H groups in total. The highest BCUT2D eigenvalue weighted by Gasteiger charge is 2.22. The predicted octanol–water partition coefficient (Wildman–Crippen LogP) is 2.78. The van der Waals surface area contributed by atoms with Gasteiger partial charge in [0.2, 0.25) is 0 Å². The Morgan fingerprint density at radius 3 is 3.00 bits per heavy atom. The molecule has 98 valence electrons. The van der Waals surface area contributed by atoms with Crippen molar-refractivity contribution in [1.29, 1.82) is 0 Å². The highest BCUT2D eigenvalue weighted by molar-refractivity contribution is 7.99. The van der Waals surface area contributed by atoms with Crippen LogP contribution in [0.15, 0.2) is 6.20 Å². The van der Waals surface area contributed by atoms with Crippen LogP contribution in [0.5, 0.6) is 0 Å². The van der Waals surface area contributed by atoms with Crippen LogP contribution in [-0.4, -0.2) is 28.3 Å². The zero-order chi connectivity index (χ0) is 13.0. The normalized spacial score (nSPS) is 18.9. The molecule has 0 aromatic carbocycles. The van der Waals surface area contributed by atoms with Gasteiger partial charge in [0.1, 0.15) is 5.82 Å². The van der Waals surface area contributed by atoms with Crippen molar-refractivity contribution < 1.29 is 9.53 Å². The first-order valence-corrected chi connectivity index (χ1v) is 7.45. The van der Waals surface area contributed by atoms with E-state index in [1.807, 2.05) is 18.7 Å². The van der Waals surface area contributed by atoms with E-state index in [0.717, 1.165) is 24.4 Å². The fourth-order valence-electron chi connectivity index (χ4n) is 2.02. The Hall–Kier alpha value is -1.10. The van der Waals surface area contributed by atoms with Gasteiger partial charge in [0, 0.05) is 6.20 Å². The van der Waals surface area contributed by atoms with Crippen molar-refractivity contribution in [2.45, 2.75) is 38.4 Å². The second kappa shape index (κ2) is 6.18. The van der Waals surface area contributed by atoms with Crippen LogP contribution in [0.3, 0.4) is 0 Å². The van der Waals surface area contributed by atoms with Gasteiger partial charge in [-0.15, -0.1) is 0 Å². The predicted molar refractivity (Wildman–Crippen MR) is 71.8 cm³/mol. The third-order valence-electron chi connectivity index (χ3n) is 2.93. The van der Waals surface area contributed by atoms with Gasteiger partial charge in [0.05, 0.1) is 23.1 Å². The topological polar surface area (TPSA) is 52.1 Å². The number of hydrogen-bond donors (Lipinski definition) is 0. The molecule has 1 fully saturated rings. The molecule has 1 aliphatic heterocycles. The summed E-state index contributed by atoms with van der Waals surface area (Å²) in [6.07, 6.45) is 4.70. The number of rotatable bonds is 4. The van der Waals surface area contributed by atoms with E-state index in [4.69, 9.17) is 4.74 Å². The Labute approximate surface area is 112 Å². The van der Waals surface area contributed by atoms with Gasteiger partial charge in [0.15, 0.2) is 0 Å². The third-order valence-corrected chi connectivity index (χ3v) is 4.31. The van der Waals surface area contributed by atoms with Crippen molar-refractivity contribution in [3.63, 3.8) is 0 Å². The maximum atomic E-state index is 11.7. The molecule has 1 aliphatic rings. The lowest BCUT2D eigenvalue weighted by molar-refractivity contribution is 0.0524. The maximum Gasteiger partial charge on any atom is 0.341 e. The molecule has 1 aromatic rings. The summed E-state index contributed by atoms with van der Waals surface area (Å²) < 4.78 is 5.01. The molecule has 0 aliphatic carbocycles. The highest BCUT2D eigenvalue weighted by Crippen LogP contribution is 2.38. The molecule has 2 heterocycles.